The minimum Gasteiger partial charge on any atom is -0.385 e. The lowest BCUT2D eigenvalue weighted by Gasteiger charge is -2.34. The van der Waals surface area contributed by atoms with Gasteiger partial charge in [0.25, 0.3) is 0 Å². The molecule has 1 aromatic carbocycles. The molecular weight excluding hydrogens is 196 g/mol. The van der Waals surface area contributed by atoms with Gasteiger partial charge < -0.3 is 5.11 Å². The van der Waals surface area contributed by atoms with Crippen molar-refractivity contribution in [2.45, 2.75) is 58.5 Å². The second-order valence-electron chi connectivity index (χ2n) is 5.34. The summed E-state index contributed by atoms with van der Waals surface area (Å²) in [7, 11) is 0. The number of hydrogen-bond acceptors (Lipinski definition) is 1. The highest BCUT2D eigenvalue weighted by atomic mass is 16.3. The first-order chi connectivity index (χ1) is 7.53. The molecule has 2 rings (SSSR count). The van der Waals surface area contributed by atoms with Crippen molar-refractivity contribution >= 4 is 0 Å². The van der Waals surface area contributed by atoms with Crippen LogP contribution in [0.3, 0.4) is 0 Å². The van der Waals surface area contributed by atoms with E-state index in [1.165, 1.54) is 23.1 Å². The molecule has 88 valence electrons. The van der Waals surface area contributed by atoms with E-state index >= 15 is 0 Å². The van der Waals surface area contributed by atoms with Crippen LogP contribution in [0.15, 0.2) is 12.1 Å². The maximum atomic E-state index is 10.7. The molecule has 0 bridgehead atoms. The van der Waals surface area contributed by atoms with Crippen LogP contribution in [0.5, 0.6) is 0 Å². The number of aryl methyl sites for hydroxylation is 3. The molecular formula is C15H22O. The Bertz CT molecular complexity index is 387. The van der Waals surface area contributed by atoms with Gasteiger partial charge in [0, 0.05) is 0 Å². The lowest BCUT2D eigenvalue weighted by Crippen LogP contribution is -2.29. The molecule has 0 saturated heterocycles. The van der Waals surface area contributed by atoms with Crippen LogP contribution in [0.25, 0.3) is 0 Å². The van der Waals surface area contributed by atoms with Gasteiger partial charge in [-0.15, -0.1) is 0 Å². The van der Waals surface area contributed by atoms with Gasteiger partial charge >= 0.3 is 0 Å². The molecule has 1 aromatic rings. The van der Waals surface area contributed by atoms with Crippen molar-refractivity contribution in [1.82, 2.24) is 0 Å². The van der Waals surface area contributed by atoms with Crippen LogP contribution in [0.4, 0.5) is 0 Å². The van der Waals surface area contributed by atoms with Crippen LogP contribution in [0.2, 0.25) is 0 Å². The molecule has 1 N–H and O–H groups in total. The Kier molecular flexibility index (Phi) is 3.07. The smallest absolute Gasteiger partial charge is 0.0899 e. The van der Waals surface area contributed by atoms with Gasteiger partial charge in [-0.2, -0.15) is 0 Å². The minimum absolute atomic E-state index is 0.555. The van der Waals surface area contributed by atoms with Crippen LogP contribution in [-0.2, 0) is 5.60 Å². The molecule has 0 aliphatic heterocycles. The van der Waals surface area contributed by atoms with Gasteiger partial charge in [0.2, 0.25) is 0 Å². The standard InChI is InChI=1S/C15H22O/c1-11-9-13(3)14(10-12(11)2)15(16)7-5-4-6-8-15/h9-10,16H,4-8H2,1-3H3. The summed E-state index contributed by atoms with van der Waals surface area (Å²) in [5.41, 5.74) is 4.46. The van der Waals surface area contributed by atoms with E-state index in [0.717, 1.165) is 31.2 Å². The summed E-state index contributed by atoms with van der Waals surface area (Å²) in [5.74, 6) is 0. The van der Waals surface area contributed by atoms with E-state index in [9.17, 15) is 5.11 Å². The molecule has 0 spiro atoms. The van der Waals surface area contributed by atoms with E-state index in [0.29, 0.717) is 0 Å². The average molecular weight is 218 g/mol. The van der Waals surface area contributed by atoms with E-state index in [1.807, 2.05) is 0 Å². The number of rotatable bonds is 1. The zero-order valence-corrected chi connectivity index (χ0v) is 10.6. The molecule has 0 unspecified atom stereocenters. The molecule has 1 nitrogen and oxygen atoms in total. The number of benzene rings is 1. The first-order valence-corrected chi connectivity index (χ1v) is 6.34. The summed E-state index contributed by atoms with van der Waals surface area (Å²) in [6, 6.07) is 4.40. The Labute approximate surface area is 98.5 Å². The van der Waals surface area contributed by atoms with Crippen LogP contribution < -0.4 is 0 Å². The van der Waals surface area contributed by atoms with E-state index in [1.54, 1.807) is 0 Å². The molecule has 0 amide bonds. The largest absolute Gasteiger partial charge is 0.385 e. The summed E-state index contributed by atoms with van der Waals surface area (Å²) in [6.07, 6.45) is 5.44. The fourth-order valence-electron chi connectivity index (χ4n) is 2.87. The molecule has 0 heterocycles. The van der Waals surface area contributed by atoms with Crippen molar-refractivity contribution in [3.05, 3.63) is 34.4 Å². The van der Waals surface area contributed by atoms with Crippen LogP contribution in [0.1, 0.15) is 54.4 Å². The quantitative estimate of drug-likeness (QED) is 0.761. The molecule has 1 fully saturated rings. The Morgan fingerprint density at radius 1 is 0.875 bits per heavy atom. The molecule has 1 heteroatoms. The second kappa shape index (κ2) is 4.21. The van der Waals surface area contributed by atoms with Crippen LogP contribution in [-0.4, -0.2) is 5.11 Å². The van der Waals surface area contributed by atoms with Gasteiger partial charge in [0.05, 0.1) is 5.60 Å². The third kappa shape index (κ3) is 2.01. The predicted octanol–water partition coefficient (Wildman–Crippen LogP) is 3.76. The summed E-state index contributed by atoms with van der Waals surface area (Å²) in [5, 5.41) is 10.7. The minimum atomic E-state index is -0.555. The number of hydrogen-bond donors (Lipinski definition) is 1. The molecule has 0 atom stereocenters. The maximum Gasteiger partial charge on any atom is 0.0899 e. The maximum absolute atomic E-state index is 10.7. The zero-order chi connectivity index (χ0) is 11.8. The van der Waals surface area contributed by atoms with Crippen molar-refractivity contribution in [1.29, 1.82) is 0 Å². The molecule has 16 heavy (non-hydrogen) atoms. The van der Waals surface area contributed by atoms with Crippen molar-refractivity contribution in [3.8, 4) is 0 Å². The van der Waals surface area contributed by atoms with Gasteiger partial charge in [-0.1, -0.05) is 31.4 Å². The number of aliphatic hydroxyl groups is 1. The predicted molar refractivity (Wildman–Crippen MR) is 67.6 cm³/mol. The van der Waals surface area contributed by atoms with Crippen molar-refractivity contribution in [3.63, 3.8) is 0 Å². The van der Waals surface area contributed by atoms with Gasteiger partial charge in [0.1, 0.15) is 0 Å². The first-order valence-electron chi connectivity index (χ1n) is 6.34. The fourth-order valence-corrected chi connectivity index (χ4v) is 2.87. The van der Waals surface area contributed by atoms with Gasteiger partial charge in [0.15, 0.2) is 0 Å². The molecule has 1 saturated carbocycles. The summed E-state index contributed by atoms with van der Waals surface area (Å²) >= 11 is 0. The van der Waals surface area contributed by atoms with E-state index in [-0.39, 0.29) is 0 Å². The Hall–Kier alpha value is -0.820. The highest BCUT2D eigenvalue weighted by Gasteiger charge is 2.32. The van der Waals surface area contributed by atoms with E-state index in [4.69, 9.17) is 0 Å². The normalized spacial score (nSPS) is 19.8. The van der Waals surface area contributed by atoms with Crippen LogP contribution in [0, 0.1) is 20.8 Å². The van der Waals surface area contributed by atoms with Gasteiger partial charge in [-0.05, 0) is 55.9 Å². The zero-order valence-electron chi connectivity index (χ0n) is 10.6. The summed E-state index contributed by atoms with van der Waals surface area (Å²) in [4.78, 5) is 0. The fraction of sp³-hybridized carbons (Fsp3) is 0.600. The van der Waals surface area contributed by atoms with E-state index in [2.05, 4.69) is 32.9 Å². The second-order valence-corrected chi connectivity index (χ2v) is 5.34. The Morgan fingerprint density at radius 2 is 1.44 bits per heavy atom. The van der Waals surface area contributed by atoms with Crippen molar-refractivity contribution in [2.24, 2.45) is 0 Å². The van der Waals surface area contributed by atoms with Crippen molar-refractivity contribution in [2.75, 3.05) is 0 Å². The molecule has 0 radical (unpaired) electrons. The lowest BCUT2D eigenvalue weighted by atomic mass is 9.77. The highest BCUT2D eigenvalue weighted by molar-refractivity contribution is 5.39. The van der Waals surface area contributed by atoms with Gasteiger partial charge in [-0.3, -0.25) is 0 Å². The van der Waals surface area contributed by atoms with Gasteiger partial charge in [-0.25, -0.2) is 0 Å². The van der Waals surface area contributed by atoms with E-state index < -0.39 is 5.60 Å². The average Bonchev–Trinajstić information content (AvgIpc) is 2.24. The highest BCUT2D eigenvalue weighted by Crippen LogP contribution is 2.39. The molecule has 0 aromatic heterocycles. The third-order valence-electron chi connectivity index (χ3n) is 4.02. The van der Waals surface area contributed by atoms with Crippen molar-refractivity contribution < 1.29 is 5.11 Å². The SMILES string of the molecule is Cc1cc(C)c(C2(O)CCCCC2)cc1C. The lowest BCUT2D eigenvalue weighted by molar-refractivity contribution is -0.00123. The molecule has 1 aliphatic carbocycles. The summed E-state index contributed by atoms with van der Waals surface area (Å²) in [6.45, 7) is 6.38. The Balaban J connectivity index is 2.42. The first kappa shape index (κ1) is 11.7. The monoisotopic (exact) mass is 218 g/mol. The Morgan fingerprint density at radius 3 is 2.06 bits per heavy atom. The van der Waals surface area contributed by atoms with Crippen LogP contribution >= 0.6 is 0 Å². The summed E-state index contributed by atoms with van der Waals surface area (Å²) < 4.78 is 0. The molecule has 1 aliphatic rings. The third-order valence-corrected chi connectivity index (χ3v) is 4.02. The topological polar surface area (TPSA) is 20.2 Å².